The van der Waals surface area contributed by atoms with Crippen LogP contribution in [0.15, 0.2) is 33.8 Å². The van der Waals surface area contributed by atoms with Crippen LogP contribution in [0.3, 0.4) is 0 Å². The summed E-state index contributed by atoms with van der Waals surface area (Å²) in [6.45, 7) is 6.11. The number of carbonyl (C=O) groups is 1. The summed E-state index contributed by atoms with van der Waals surface area (Å²) in [7, 11) is 0. The van der Waals surface area contributed by atoms with Gasteiger partial charge in [0.05, 0.1) is 22.9 Å². The lowest BCUT2D eigenvalue weighted by atomic mass is 10.2. The maximum atomic E-state index is 12.9. The number of hydrogen-bond donors (Lipinski definition) is 0. The van der Waals surface area contributed by atoms with Crippen molar-refractivity contribution in [1.29, 1.82) is 0 Å². The Morgan fingerprint density at radius 2 is 2.03 bits per heavy atom. The molecule has 8 nitrogen and oxygen atoms in total. The second kappa shape index (κ2) is 8.77. The summed E-state index contributed by atoms with van der Waals surface area (Å²) in [5, 5.41) is 17.9. The molecule has 1 aromatic carbocycles. The molecule has 3 aromatic rings. The van der Waals surface area contributed by atoms with E-state index >= 15 is 0 Å². The molecule has 1 fully saturated rings. The highest BCUT2D eigenvalue weighted by Gasteiger charge is 2.29. The molecule has 0 aliphatic heterocycles. The minimum atomic E-state index is -0.0181. The fraction of sp³-hybridized carbons (Fsp3) is 0.450. The maximum absolute atomic E-state index is 12.9. The number of nitrogens with zero attached hydrogens (tertiary/aromatic N) is 6. The molecule has 0 unspecified atom stereocenters. The molecule has 10 heteroatoms. The zero-order chi connectivity index (χ0) is 21.3. The van der Waals surface area contributed by atoms with Gasteiger partial charge >= 0.3 is 0 Å². The van der Waals surface area contributed by atoms with Crippen molar-refractivity contribution < 1.29 is 9.21 Å². The number of amides is 1. The highest BCUT2D eigenvalue weighted by atomic mass is 35.5. The number of thioether (sulfide) groups is 1. The van der Waals surface area contributed by atoms with E-state index < -0.39 is 0 Å². The van der Waals surface area contributed by atoms with E-state index in [9.17, 15) is 4.79 Å². The predicted molar refractivity (Wildman–Crippen MR) is 114 cm³/mol. The van der Waals surface area contributed by atoms with Gasteiger partial charge < -0.3 is 13.9 Å². The van der Waals surface area contributed by atoms with Crippen LogP contribution in [0, 0.1) is 6.92 Å². The normalized spacial score (nSPS) is 13.8. The molecule has 1 aliphatic carbocycles. The third-order valence-electron chi connectivity index (χ3n) is 4.89. The van der Waals surface area contributed by atoms with E-state index in [0.29, 0.717) is 28.4 Å². The first-order valence-corrected chi connectivity index (χ1v) is 11.2. The third kappa shape index (κ3) is 4.52. The standard InChI is InChI=1S/C20H23ClN6O2S/c1-12(2)26(10-17-23-24-19(29-17)15-6-4-5-7-16(15)21)18(28)11-30-20-25-22-13(3)27(20)14-8-9-14/h4-7,12,14H,8-11H2,1-3H3. The number of aromatic nitrogens is 5. The first-order valence-electron chi connectivity index (χ1n) is 9.85. The smallest absolute Gasteiger partial charge is 0.249 e. The van der Waals surface area contributed by atoms with Crippen molar-refractivity contribution in [3.63, 3.8) is 0 Å². The fourth-order valence-corrected chi connectivity index (χ4v) is 4.33. The number of aryl methyl sites for hydroxylation is 1. The first kappa shape index (κ1) is 20.9. The third-order valence-corrected chi connectivity index (χ3v) is 6.15. The number of benzene rings is 1. The van der Waals surface area contributed by atoms with E-state index in [0.717, 1.165) is 23.8 Å². The van der Waals surface area contributed by atoms with E-state index in [1.165, 1.54) is 11.8 Å². The van der Waals surface area contributed by atoms with Crippen molar-refractivity contribution in [2.75, 3.05) is 5.75 Å². The Morgan fingerprint density at radius 1 is 1.27 bits per heavy atom. The van der Waals surface area contributed by atoms with E-state index in [1.54, 1.807) is 11.0 Å². The molecule has 158 valence electrons. The van der Waals surface area contributed by atoms with Crippen LogP contribution in [0.4, 0.5) is 0 Å². The molecule has 1 amide bonds. The van der Waals surface area contributed by atoms with Gasteiger partial charge in [-0.25, -0.2) is 0 Å². The molecule has 0 spiro atoms. The molecule has 1 saturated carbocycles. The Balaban J connectivity index is 1.43. The quantitative estimate of drug-likeness (QED) is 0.480. The average Bonchev–Trinajstić information content (AvgIpc) is 3.32. The van der Waals surface area contributed by atoms with Crippen LogP contribution in [-0.2, 0) is 11.3 Å². The number of hydrogen-bond acceptors (Lipinski definition) is 7. The van der Waals surface area contributed by atoms with Gasteiger partial charge in [-0.3, -0.25) is 4.79 Å². The van der Waals surface area contributed by atoms with Crippen molar-refractivity contribution >= 4 is 29.3 Å². The number of rotatable bonds is 8. The molecule has 2 aromatic heterocycles. The summed E-state index contributed by atoms with van der Waals surface area (Å²) in [4.78, 5) is 14.7. The maximum Gasteiger partial charge on any atom is 0.249 e. The van der Waals surface area contributed by atoms with Crippen LogP contribution >= 0.6 is 23.4 Å². The highest BCUT2D eigenvalue weighted by molar-refractivity contribution is 7.99. The zero-order valence-corrected chi connectivity index (χ0v) is 18.7. The van der Waals surface area contributed by atoms with E-state index in [1.807, 2.05) is 39.0 Å². The van der Waals surface area contributed by atoms with Crippen LogP contribution in [-0.4, -0.2) is 47.6 Å². The molecule has 0 saturated heterocycles. The molecule has 0 N–H and O–H groups in total. The zero-order valence-electron chi connectivity index (χ0n) is 17.1. The molecule has 0 bridgehead atoms. The minimum absolute atomic E-state index is 0.0169. The Hall–Kier alpha value is -2.39. The summed E-state index contributed by atoms with van der Waals surface area (Å²) >= 11 is 7.63. The van der Waals surface area contributed by atoms with E-state index in [2.05, 4.69) is 25.0 Å². The summed E-state index contributed by atoms with van der Waals surface area (Å²) < 4.78 is 7.90. The molecule has 0 atom stereocenters. The van der Waals surface area contributed by atoms with Crippen LogP contribution < -0.4 is 0 Å². The van der Waals surface area contributed by atoms with Crippen LogP contribution in [0.25, 0.3) is 11.5 Å². The van der Waals surface area contributed by atoms with Crippen molar-refractivity contribution in [2.45, 2.75) is 57.4 Å². The molecular formula is C20H23ClN6O2S. The number of halogens is 1. The van der Waals surface area contributed by atoms with Gasteiger partial charge in [0.25, 0.3) is 0 Å². The molecular weight excluding hydrogens is 424 g/mol. The fourth-order valence-electron chi connectivity index (χ4n) is 3.18. The van der Waals surface area contributed by atoms with Crippen molar-refractivity contribution in [3.05, 3.63) is 41.0 Å². The largest absolute Gasteiger partial charge is 0.419 e. The van der Waals surface area contributed by atoms with Gasteiger partial charge in [-0.2, -0.15) is 0 Å². The lowest BCUT2D eigenvalue weighted by molar-refractivity contribution is -0.131. The Kier molecular flexibility index (Phi) is 6.10. The van der Waals surface area contributed by atoms with E-state index in [4.69, 9.17) is 16.0 Å². The van der Waals surface area contributed by atoms with Gasteiger partial charge in [0.1, 0.15) is 5.82 Å². The van der Waals surface area contributed by atoms with Gasteiger partial charge in [-0.05, 0) is 45.7 Å². The van der Waals surface area contributed by atoms with Crippen LogP contribution in [0.5, 0.6) is 0 Å². The first-order chi connectivity index (χ1) is 14.4. The summed E-state index contributed by atoms with van der Waals surface area (Å²) in [5.41, 5.74) is 0.672. The average molecular weight is 447 g/mol. The molecule has 0 radical (unpaired) electrons. The molecule has 2 heterocycles. The second-order valence-corrected chi connectivity index (χ2v) is 8.87. The van der Waals surface area contributed by atoms with Crippen molar-refractivity contribution in [1.82, 2.24) is 29.9 Å². The summed E-state index contributed by atoms with van der Waals surface area (Å²) in [6.07, 6.45) is 2.28. The highest BCUT2D eigenvalue weighted by Crippen LogP contribution is 2.38. The van der Waals surface area contributed by atoms with Gasteiger partial charge in [-0.15, -0.1) is 20.4 Å². The molecule has 30 heavy (non-hydrogen) atoms. The topological polar surface area (TPSA) is 89.9 Å². The molecule has 4 rings (SSSR count). The summed E-state index contributed by atoms with van der Waals surface area (Å²) in [6, 6.07) is 7.74. The second-order valence-electron chi connectivity index (χ2n) is 7.52. The van der Waals surface area contributed by atoms with Crippen LogP contribution in [0.1, 0.15) is 44.4 Å². The van der Waals surface area contributed by atoms with Gasteiger partial charge in [0, 0.05) is 12.1 Å². The predicted octanol–water partition coefficient (Wildman–Crippen LogP) is 4.15. The van der Waals surface area contributed by atoms with E-state index in [-0.39, 0.29) is 24.2 Å². The molecule has 1 aliphatic rings. The number of carbonyl (C=O) groups excluding carboxylic acids is 1. The minimum Gasteiger partial charge on any atom is -0.419 e. The Morgan fingerprint density at radius 3 is 2.73 bits per heavy atom. The Bertz CT molecular complexity index is 1050. The van der Waals surface area contributed by atoms with Gasteiger partial charge in [-0.1, -0.05) is 35.5 Å². The Labute approximate surface area is 184 Å². The van der Waals surface area contributed by atoms with Crippen LogP contribution in [0.2, 0.25) is 5.02 Å². The lowest BCUT2D eigenvalue weighted by Gasteiger charge is -2.25. The van der Waals surface area contributed by atoms with Crippen molar-refractivity contribution in [3.8, 4) is 11.5 Å². The van der Waals surface area contributed by atoms with Crippen molar-refractivity contribution in [2.24, 2.45) is 0 Å². The SMILES string of the molecule is Cc1nnc(SCC(=O)N(Cc2nnc(-c3ccccc3Cl)o2)C(C)C)n1C1CC1. The van der Waals surface area contributed by atoms with Gasteiger partial charge in [0.15, 0.2) is 5.16 Å². The monoisotopic (exact) mass is 446 g/mol. The van der Waals surface area contributed by atoms with Gasteiger partial charge in [0.2, 0.25) is 17.7 Å². The summed E-state index contributed by atoms with van der Waals surface area (Å²) in [5.74, 6) is 1.86. The lowest BCUT2D eigenvalue weighted by Crippen LogP contribution is -2.37.